The van der Waals surface area contributed by atoms with Gasteiger partial charge in [-0.1, -0.05) is 30.3 Å². The predicted molar refractivity (Wildman–Crippen MR) is 95.0 cm³/mol. The molecule has 1 atom stereocenters. The number of anilines is 1. The number of benzene rings is 1. The minimum absolute atomic E-state index is 0.414. The highest BCUT2D eigenvalue weighted by Crippen LogP contribution is 2.42. The van der Waals surface area contributed by atoms with Gasteiger partial charge in [-0.3, -0.25) is 0 Å². The number of nitrogens with zero attached hydrogens (tertiary/aromatic N) is 2. The highest BCUT2D eigenvalue weighted by atomic mass is 32.1. The van der Waals surface area contributed by atoms with Crippen molar-refractivity contribution in [1.29, 1.82) is 0 Å². The molecule has 118 valence electrons. The molecule has 5 heteroatoms. The molecule has 3 aromatic rings. The lowest BCUT2D eigenvalue weighted by molar-refractivity contribution is 0.208. The van der Waals surface area contributed by atoms with Crippen LogP contribution in [0.3, 0.4) is 0 Å². The van der Waals surface area contributed by atoms with Crippen LogP contribution in [0.4, 0.5) is 5.82 Å². The first-order valence-corrected chi connectivity index (χ1v) is 8.87. The summed E-state index contributed by atoms with van der Waals surface area (Å²) in [7, 11) is 0. The lowest BCUT2D eigenvalue weighted by Crippen LogP contribution is -2.16. The Hall–Kier alpha value is -1.98. The van der Waals surface area contributed by atoms with Gasteiger partial charge in [0.05, 0.1) is 11.5 Å². The van der Waals surface area contributed by atoms with Crippen LogP contribution in [-0.2, 0) is 0 Å². The van der Waals surface area contributed by atoms with Gasteiger partial charge in [0.15, 0.2) is 0 Å². The molecule has 0 unspecified atom stereocenters. The number of thiophene rings is 1. The lowest BCUT2D eigenvalue weighted by atomic mass is 10.1. The van der Waals surface area contributed by atoms with Crippen molar-refractivity contribution < 1.29 is 5.11 Å². The molecule has 1 aromatic carbocycles. The van der Waals surface area contributed by atoms with Crippen LogP contribution >= 0.6 is 11.3 Å². The number of aliphatic hydroxyl groups excluding tert-OH is 1. The van der Waals surface area contributed by atoms with Crippen LogP contribution in [-0.4, -0.2) is 27.7 Å². The van der Waals surface area contributed by atoms with Crippen molar-refractivity contribution in [3.8, 4) is 11.1 Å². The van der Waals surface area contributed by atoms with Gasteiger partial charge in [-0.2, -0.15) is 0 Å². The van der Waals surface area contributed by atoms with E-state index in [2.05, 4.69) is 22.8 Å². The Balaban J connectivity index is 1.85. The van der Waals surface area contributed by atoms with Crippen LogP contribution in [0.25, 0.3) is 21.3 Å². The monoisotopic (exact) mass is 325 g/mol. The first kappa shape index (κ1) is 14.6. The van der Waals surface area contributed by atoms with Crippen molar-refractivity contribution in [3.05, 3.63) is 41.5 Å². The minimum atomic E-state index is -0.414. The molecule has 1 saturated carbocycles. The lowest BCUT2D eigenvalue weighted by Gasteiger charge is -2.11. The molecule has 0 bridgehead atoms. The zero-order chi connectivity index (χ0) is 15.8. The van der Waals surface area contributed by atoms with E-state index in [-0.39, 0.29) is 0 Å². The summed E-state index contributed by atoms with van der Waals surface area (Å²) in [5, 5.41) is 16.1. The van der Waals surface area contributed by atoms with Crippen LogP contribution in [0.2, 0.25) is 0 Å². The fourth-order valence-electron chi connectivity index (χ4n) is 2.68. The van der Waals surface area contributed by atoms with Crippen molar-refractivity contribution in [2.75, 3.05) is 11.9 Å². The van der Waals surface area contributed by atoms with Gasteiger partial charge in [-0.05, 0) is 25.3 Å². The Bertz CT molecular complexity index is 825. The quantitative estimate of drug-likeness (QED) is 0.743. The second kappa shape index (κ2) is 5.91. The van der Waals surface area contributed by atoms with Gasteiger partial charge >= 0.3 is 0 Å². The Kier molecular flexibility index (Phi) is 3.75. The third kappa shape index (κ3) is 2.94. The number of aliphatic hydroxyl groups is 1. The Morgan fingerprint density at radius 1 is 1.26 bits per heavy atom. The van der Waals surface area contributed by atoms with Gasteiger partial charge in [0.25, 0.3) is 0 Å². The molecular formula is C18H19N3OS. The summed E-state index contributed by atoms with van der Waals surface area (Å²) in [6, 6.07) is 10.3. The Morgan fingerprint density at radius 3 is 2.74 bits per heavy atom. The van der Waals surface area contributed by atoms with Crippen molar-refractivity contribution in [2.24, 2.45) is 0 Å². The van der Waals surface area contributed by atoms with Gasteiger partial charge in [0.1, 0.15) is 16.5 Å². The second-order valence-electron chi connectivity index (χ2n) is 6.13. The zero-order valence-corrected chi connectivity index (χ0v) is 13.8. The largest absolute Gasteiger partial charge is 0.392 e. The standard InChI is InChI=1S/C18H19N3OS/c1-11(22)9-19-17-15-14(12-5-3-2-4-6-12)10-23-18(15)21-16(20-17)13-7-8-13/h2-6,10-11,13,22H,7-9H2,1H3,(H,19,20,21)/t11-/m0/s1. The van der Waals surface area contributed by atoms with E-state index in [0.717, 1.165) is 27.4 Å². The fourth-order valence-corrected chi connectivity index (χ4v) is 3.64. The van der Waals surface area contributed by atoms with Gasteiger partial charge in [-0.25, -0.2) is 9.97 Å². The summed E-state index contributed by atoms with van der Waals surface area (Å²) in [5.41, 5.74) is 2.32. The molecule has 0 spiro atoms. The molecule has 4 nitrogen and oxygen atoms in total. The second-order valence-corrected chi connectivity index (χ2v) is 6.99. The summed E-state index contributed by atoms with van der Waals surface area (Å²) in [6.45, 7) is 2.26. The fraction of sp³-hybridized carbons (Fsp3) is 0.333. The summed E-state index contributed by atoms with van der Waals surface area (Å²) >= 11 is 1.66. The average molecular weight is 325 g/mol. The van der Waals surface area contributed by atoms with E-state index in [1.165, 1.54) is 18.4 Å². The summed E-state index contributed by atoms with van der Waals surface area (Å²) < 4.78 is 0. The Labute approximate surface area is 139 Å². The van der Waals surface area contributed by atoms with E-state index < -0.39 is 6.10 Å². The molecule has 0 amide bonds. The third-order valence-electron chi connectivity index (χ3n) is 4.04. The van der Waals surface area contributed by atoms with Gasteiger partial charge in [-0.15, -0.1) is 11.3 Å². The molecular weight excluding hydrogens is 306 g/mol. The van der Waals surface area contributed by atoms with Gasteiger partial charge in [0, 0.05) is 23.4 Å². The molecule has 4 rings (SSSR count). The highest BCUT2D eigenvalue weighted by Gasteiger charge is 2.28. The average Bonchev–Trinajstić information content (AvgIpc) is 3.33. The van der Waals surface area contributed by atoms with Crippen LogP contribution < -0.4 is 5.32 Å². The number of aromatic nitrogens is 2. The van der Waals surface area contributed by atoms with Crippen molar-refractivity contribution in [3.63, 3.8) is 0 Å². The van der Waals surface area contributed by atoms with E-state index in [1.54, 1.807) is 18.3 Å². The molecule has 0 aliphatic heterocycles. The van der Waals surface area contributed by atoms with Crippen LogP contribution in [0.15, 0.2) is 35.7 Å². The first-order chi connectivity index (χ1) is 11.2. The number of fused-ring (bicyclic) bond motifs is 1. The summed E-state index contributed by atoms with van der Waals surface area (Å²) in [4.78, 5) is 10.6. The molecule has 2 aromatic heterocycles. The summed E-state index contributed by atoms with van der Waals surface area (Å²) in [6.07, 6.45) is 1.94. The van der Waals surface area contributed by atoms with E-state index in [9.17, 15) is 5.11 Å². The van der Waals surface area contributed by atoms with E-state index >= 15 is 0 Å². The van der Waals surface area contributed by atoms with Gasteiger partial charge in [0.2, 0.25) is 0 Å². The number of nitrogens with one attached hydrogen (secondary N) is 1. The predicted octanol–water partition coefficient (Wildman–Crippen LogP) is 4.03. The zero-order valence-electron chi connectivity index (χ0n) is 13.0. The van der Waals surface area contributed by atoms with Crippen LogP contribution in [0.1, 0.15) is 31.5 Å². The van der Waals surface area contributed by atoms with Crippen molar-refractivity contribution >= 4 is 27.4 Å². The van der Waals surface area contributed by atoms with E-state index in [0.29, 0.717) is 12.5 Å². The van der Waals surface area contributed by atoms with Crippen LogP contribution in [0, 0.1) is 0 Å². The smallest absolute Gasteiger partial charge is 0.139 e. The molecule has 2 N–H and O–H groups in total. The maximum Gasteiger partial charge on any atom is 0.139 e. The normalized spacial score (nSPS) is 15.7. The van der Waals surface area contributed by atoms with E-state index in [4.69, 9.17) is 9.97 Å². The van der Waals surface area contributed by atoms with Crippen LogP contribution in [0.5, 0.6) is 0 Å². The van der Waals surface area contributed by atoms with Crippen molar-refractivity contribution in [2.45, 2.75) is 31.8 Å². The number of rotatable bonds is 5. The highest BCUT2D eigenvalue weighted by molar-refractivity contribution is 7.17. The molecule has 1 aliphatic carbocycles. The number of hydrogen-bond donors (Lipinski definition) is 2. The summed E-state index contributed by atoms with van der Waals surface area (Å²) in [5.74, 6) is 2.29. The topological polar surface area (TPSA) is 58.0 Å². The maximum absolute atomic E-state index is 9.61. The molecule has 23 heavy (non-hydrogen) atoms. The molecule has 1 fully saturated rings. The van der Waals surface area contributed by atoms with Crippen molar-refractivity contribution in [1.82, 2.24) is 9.97 Å². The van der Waals surface area contributed by atoms with Gasteiger partial charge < -0.3 is 10.4 Å². The van der Waals surface area contributed by atoms with E-state index in [1.807, 2.05) is 18.2 Å². The third-order valence-corrected chi connectivity index (χ3v) is 4.92. The molecule has 1 aliphatic rings. The molecule has 2 heterocycles. The number of hydrogen-bond acceptors (Lipinski definition) is 5. The first-order valence-electron chi connectivity index (χ1n) is 7.99. The molecule has 0 saturated heterocycles. The SMILES string of the molecule is C[C@H](O)CNc1nc(C2CC2)nc2scc(-c3ccccc3)c12. The Morgan fingerprint density at radius 2 is 2.04 bits per heavy atom. The molecule has 0 radical (unpaired) electrons. The maximum atomic E-state index is 9.61. The minimum Gasteiger partial charge on any atom is -0.392 e.